The smallest absolute Gasteiger partial charge is 0.294 e. The number of nitro benzene ring substituents is 1. The fourth-order valence-corrected chi connectivity index (χ4v) is 2.78. The largest absolute Gasteiger partial charge is 0.363 e. The Morgan fingerprint density at radius 3 is 2.62 bits per heavy atom. The molecule has 1 aliphatic heterocycles. The van der Waals surface area contributed by atoms with Crippen LogP contribution in [-0.4, -0.2) is 42.0 Å². The van der Waals surface area contributed by atoms with Crippen LogP contribution >= 0.6 is 11.6 Å². The van der Waals surface area contributed by atoms with E-state index in [-0.39, 0.29) is 11.7 Å². The van der Waals surface area contributed by atoms with Crippen molar-refractivity contribution in [3.63, 3.8) is 0 Å². The van der Waals surface area contributed by atoms with Crippen LogP contribution < -0.4 is 4.90 Å². The minimum atomic E-state index is -0.405. The molecule has 0 aliphatic carbocycles. The lowest BCUT2D eigenvalue weighted by molar-refractivity contribution is -0.384. The van der Waals surface area contributed by atoms with Gasteiger partial charge in [0.1, 0.15) is 5.69 Å². The predicted octanol–water partition coefficient (Wildman–Crippen LogP) is 2.67. The third kappa shape index (κ3) is 3.43. The van der Waals surface area contributed by atoms with Gasteiger partial charge in [-0.2, -0.15) is 5.26 Å². The van der Waals surface area contributed by atoms with Crippen molar-refractivity contribution in [2.24, 2.45) is 0 Å². The number of rotatable bonds is 4. The van der Waals surface area contributed by atoms with E-state index in [2.05, 4.69) is 11.0 Å². The van der Waals surface area contributed by atoms with Gasteiger partial charge in [0, 0.05) is 37.3 Å². The van der Waals surface area contributed by atoms with Gasteiger partial charge in [0.15, 0.2) is 0 Å². The van der Waals surface area contributed by atoms with E-state index < -0.39 is 4.92 Å². The third-order valence-corrected chi connectivity index (χ3v) is 4.00. The molecule has 0 radical (unpaired) electrons. The first-order valence-corrected chi connectivity index (χ1v) is 7.27. The van der Waals surface area contributed by atoms with Crippen LogP contribution in [0.15, 0.2) is 18.2 Å². The number of halogens is 1. The highest BCUT2D eigenvalue weighted by Crippen LogP contribution is 2.31. The number of anilines is 1. The Morgan fingerprint density at radius 1 is 1.43 bits per heavy atom. The number of nitrogens with zero attached hydrogens (tertiary/aromatic N) is 4. The molecular formula is C14H17ClN4O2. The van der Waals surface area contributed by atoms with E-state index in [0.29, 0.717) is 23.8 Å². The molecule has 6 nitrogen and oxygen atoms in total. The Kier molecular flexibility index (Phi) is 4.99. The highest BCUT2D eigenvalue weighted by atomic mass is 35.5. The normalized spacial score (nSPS) is 17.3. The molecule has 1 heterocycles. The van der Waals surface area contributed by atoms with Crippen LogP contribution in [0.25, 0.3) is 0 Å². The van der Waals surface area contributed by atoms with Gasteiger partial charge in [0.2, 0.25) is 0 Å². The Balaban J connectivity index is 2.13. The van der Waals surface area contributed by atoms with Crippen molar-refractivity contribution in [3.05, 3.63) is 33.3 Å². The van der Waals surface area contributed by atoms with E-state index in [9.17, 15) is 10.1 Å². The van der Waals surface area contributed by atoms with Gasteiger partial charge >= 0.3 is 0 Å². The second kappa shape index (κ2) is 6.74. The zero-order chi connectivity index (χ0) is 15.4. The van der Waals surface area contributed by atoms with E-state index >= 15 is 0 Å². The summed E-state index contributed by atoms with van der Waals surface area (Å²) >= 11 is 5.83. The number of hydrogen-bond acceptors (Lipinski definition) is 5. The Labute approximate surface area is 128 Å². The number of benzene rings is 1. The summed E-state index contributed by atoms with van der Waals surface area (Å²) in [6.45, 7) is 4.78. The lowest BCUT2D eigenvalue weighted by Crippen LogP contribution is -2.50. The highest BCUT2D eigenvalue weighted by Gasteiger charge is 2.26. The maximum absolute atomic E-state index is 11.1. The summed E-state index contributed by atoms with van der Waals surface area (Å²) in [7, 11) is 0. The summed E-state index contributed by atoms with van der Waals surface area (Å²) < 4.78 is 0. The molecule has 1 unspecified atom stereocenters. The lowest BCUT2D eigenvalue weighted by atomic mass is 10.1. The number of piperazine rings is 1. The van der Waals surface area contributed by atoms with E-state index in [0.717, 1.165) is 19.5 Å². The average molecular weight is 309 g/mol. The number of nitro groups is 1. The molecule has 0 bridgehead atoms. The first-order valence-electron chi connectivity index (χ1n) is 6.89. The summed E-state index contributed by atoms with van der Waals surface area (Å²) in [5.41, 5.74) is 0.623. The van der Waals surface area contributed by atoms with Crippen LogP contribution in [0.4, 0.5) is 11.4 Å². The molecule has 7 heteroatoms. The Morgan fingerprint density at radius 2 is 2.10 bits per heavy atom. The Hall–Kier alpha value is -1.84. The average Bonchev–Trinajstić information content (AvgIpc) is 2.49. The first-order chi connectivity index (χ1) is 10.1. The molecule has 1 aromatic rings. The van der Waals surface area contributed by atoms with Crippen LogP contribution in [0.3, 0.4) is 0 Å². The molecule has 2 rings (SSSR count). The van der Waals surface area contributed by atoms with E-state index in [1.165, 1.54) is 6.07 Å². The number of hydrogen-bond donors (Lipinski definition) is 0. The van der Waals surface area contributed by atoms with Gasteiger partial charge < -0.3 is 4.90 Å². The molecule has 1 fully saturated rings. The van der Waals surface area contributed by atoms with Crippen molar-refractivity contribution in [2.45, 2.75) is 19.4 Å². The zero-order valence-electron chi connectivity index (χ0n) is 11.8. The summed E-state index contributed by atoms with van der Waals surface area (Å²) in [6.07, 6.45) is 0.789. The zero-order valence-corrected chi connectivity index (χ0v) is 12.6. The van der Waals surface area contributed by atoms with Crippen molar-refractivity contribution in [1.82, 2.24) is 4.90 Å². The molecule has 0 amide bonds. The maximum atomic E-state index is 11.1. The topological polar surface area (TPSA) is 73.4 Å². The van der Waals surface area contributed by atoms with Crippen LogP contribution in [0, 0.1) is 21.4 Å². The van der Waals surface area contributed by atoms with Crippen LogP contribution in [0.5, 0.6) is 0 Å². The van der Waals surface area contributed by atoms with Gasteiger partial charge in [0.05, 0.1) is 17.0 Å². The van der Waals surface area contributed by atoms with Crippen molar-refractivity contribution in [2.75, 3.05) is 31.1 Å². The lowest BCUT2D eigenvalue weighted by Gasteiger charge is -2.37. The minimum Gasteiger partial charge on any atom is -0.363 e. The summed E-state index contributed by atoms with van der Waals surface area (Å²) in [4.78, 5) is 14.8. The first kappa shape index (κ1) is 15.5. The molecule has 0 N–H and O–H groups in total. The van der Waals surface area contributed by atoms with Crippen molar-refractivity contribution in [1.29, 1.82) is 5.26 Å². The second-order valence-electron chi connectivity index (χ2n) is 4.97. The standard InChI is InChI=1S/C14H17ClN4O2/c1-2-12(10-16)17-5-7-18(8-6-17)13-4-3-11(15)9-14(13)19(20)21/h3-4,9,12H,2,5-8H2,1H3. The molecule has 0 aromatic heterocycles. The molecule has 1 aliphatic rings. The van der Waals surface area contributed by atoms with Gasteiger partial charge in [-0.3, -0.25) is 15.0 Å². The van der Waals surface area contributed by atoms with Crippen molar-refractivity contribution < 1.29 is 4.92 Å². The molecule has 1 atom stereocenters. The van der Waals surface area contributed by atoms with Gasteiger partial charge in [-0.25, -0.2) is 0 Å². The van der Waals surface area contributed by atoms with Crippen molar-refractivity contribution in [3.8, 4) is 6.07 Å². The molecular weight excluding hydrogens is 292 g/mol. The third-order valence-electron chi connectivity index (χ3n) is 3.77. The molecule has 1 saturated heterocycles. The predicted molar refractivity (Wildman–Crippen MR) is 81.6 cm³/mol. The van der Waals surface area contributed by atoms with E-state index in [1.807, 2.05) is 11.8 Å². The second-order valence-corrected chi connectivity index (χ2v) is 5.40. The highest BCUT2D eigenvalue weighted by molar-refractivity contribution is 6.30. The maximum Gasteiger partial charge on any atom is 0.294 e. The van der Waals surface area contributed by atoms with Gasteiger partial charge in [-0.05, 0) is 18.6 Å². The Bertz CT molecular complexity index is 565. The van der Waals surface area contributed by atoms with Gasteiger partial charge in [-0.1, -0.05) is 18.5 Å². The molecule has 0 saturated carbocycles. The van der Waals surface area contributed by atoms with E-state index in [4.69, 9.17) is 16.9 Å². The van der Waals surface area contributed by atoms with Gasteiger partial charge in [0.25, 0.3) is 5.69 Å². The molecule has 112 valence electrons. The quantitative estimate of drug-likeness (QED) is 0.631. The van der Waals surface area contributed by atoms with Crippen LogP contribution in [0.2, 0.25) is 5.02 Å². The molecule has 1 aromatic carbocycles. The van der Waals surface area contributed by atoms with Crippen molar-refractivity contribution >= 4 is 23.0 Å². The van der Waals surface area contributed by atoms with E-state index in [1.54, 1.807) is 12.1 Å². The monoisotopic (exact) mass is 308 g/mol. The number of nitriles is 1. The fourth-order valence-electron chi connectivity index (χ4n) is 2.62. The molecule has 0 spiro atoms. The van der Waals surface area contributed by atoms with Crippen LogP contribution in [-0.2, 0) is 0 Å². The minimum absolute atomic E-state index is 0.0308. The van der Waals surface area contributed by atoms with Crippen LogP contribution in [0.1, 0.15) is 13.3 Å². The summed E-state index contributed by atoms with van der Waals surface area (Å²) in [5, 5.41) is 20.6. The summed E-state index contributed by atoms with van der Waals surface area (Å²) in [6, 6.07) is 6.96. The summed E-state index contributed by atoms with van der Waals surface area (Å²) in [5.74, 6) is 0. The molecule has 21 heavy (non-hydrogen) atoms. The fraction of sp³-hybridized carbons (Fsp3) is 0.500. The van der Waals surface area contributed by atoms with Gasteiger partial charge in [-0.15, -0.1) is 0 Å². The SMILES string of the molecule is CCC(C#N)N1CCN(c2ccc(Cl)cc2[N+](=O)[O-])CC1.